The average Bonchev–Trinajstić information content (AvgIpc) is 3.48. The topological polar surface area (TPSA) is 65.6 Å². The molecule has 0 fully saturated rings. The van der Waals surface area contributed by atoms with Crippen molar-refractivity contribution < 1.29 is 0 Å². The highest BCUT2D eigenvalue weighted by Gasteiger charge is 2.21. The molecule has 0 aliphatic carbocycles. The molecule has 8 aromatic carbocycles. The van der Waals surface area contributed by atoms with E-state index in [4.69, 9.17) is 15.0 Å². The molecule has 56 heavy (non-hydrogen) atoms. The number of nitrogens with zero attached hydrogens (tertiary/aromatic N) is 5. The Labute approximate surface area is 323 Å². The molecule has 0 aliphatic heterocycles. The van der Waals surface area contributed by atoms with Crippen molar-refractivity contribution in [2.75, 3.05) is 0 Å². The van der Waals surface area contributed by atoms with E-state index in [0.29, 0.717) is 17.5 Å². The van der Waals surface area contributed by atoms with Gasteiger partial charge in [-0.2, -0.15) is 0 Å². The van der Waals surface area contributed by atoms with E-state index in [0.717, 1.165) is 60.8 Å². The molecule has 0 saturated carbocycles. The predicted octanol–water partition coefficient (Wildman–Crippen LogP) is 11.4. The zero-order valence-electron chi connectivity index (χ0n) is 30.9. The van der Waals surface area contributed by atoms with E-state index in [1.54, 1.807) is 16.2 Å². The molecule has 0 unspecified atom stereocenters. The Morgan fingerprint density at radius 1 is 0.357 bits per heavy atom. The van der Waals surface area contributed by atoms with E-state index in [-0.39, 0.29) is 5.69 Å². The molecule has 6 nitrogen and oxygen atoms in total. The van der Waals surface area contributed by atoms with Crippen molar-refractivity contribution in [3.05, 3.63) is 186 Å². The lowest BCUT2D eigenvalue weighted by molar-refractivity contribution is 0.795. The molecule has 0 spiro atoms. The van der Waals surface area contributed by atoms with Gasteiger partial charge in [0.2, 0.25) is 0 Å². The third-order valence-electron chi connectivity index (χ3n) is 10.8. The number of aryl methyl sites for hydroxylation is 2. The van der Waals surface area contributed by atoms with Gasteiger partial charge in [-0.3, -0.25) is 9.13 Å². The molecule has 2 aromatic heterocycles. The molecule has 0 radical (unpaired) electrons. The van der Waals surface area contributed by atoms with Gasteiger partial charge in [0.15, 0.2) is 17.5 Å². The molecule has 0 bridgehead atoms. The number of imidazole rings is 1. The zero-order valence-corrected chi connectivity index (χ0v) is 30.9. The van der Waals surface area contributed by atoms with E-state index in [2.05, 4.69) is 127 Å². The summed E-state index contributed by atoms with van der Waals surface area (Å²) in [6.45, 7) is 0. The molecule has 0 saturated heterocycles. The van der Waals surface area contributed by atoms with Crippen LogP contribution in [-0.4, -0.2) is 24.1 Å². The minimum atomic E-state index is -0.0505. The van der Waals surface area contributed by atoms with Gasteiger partial charge in [0.05, 0.1) is 11.0 Å². The van der Waals surface area contributed by atoms with Crippen LogP contribution < -0.4 is 5.69 Å². The molecular formula is C50H35N5O. The minimum absolute atomic E-state index is 0.0505. The summed E-state index contributed by atoms with van der Waals surface area (Å²) >= 11 is 0. The van der Waals surface area contributed by atoms with Crippen LogP contribution in [0.5, 0.6) is 0 Å². The minimum Gasteiger partial charge on any atom is -0.295 e. The summed E-state index contributed by atoms with van der Waals surface area (Å²) < 4.78 is 3.36. The monoisotopic (exact) mass is 721 g/mol. The highest BCUT2D eigenvalue weighted by Crippen LogP contribution is 2.45. The fraction of sp³-hybridized carbons (Fsp3) is 0.0400. The molecule has 6 heteroatoms. The summed E-state index contributed by atoms with van der Waals surface area (Å²) in [4.78, 5) is 28.2. The Balaban J connectivity index is 1.19. The Morgan fingerprint density at radius 3 is 1.48 bits per heavy atom. The third kappa shape index (κ3) is 5.50. The second-order valence-corrected chi connectivity index (χ2v) is 14.1. The van der Waals surface area contributed by atoms with Gasteiger partial charge in [0.1, 0.15) is 0 Å². The van der Waals surface area contributed by atoms with Crippen molar-refractivity contribution in [1.29, 1.82) is 0 Å². The lowest BCUT2D eigenvalue weighted by atomic mass is 9.84. The van der Waals surface area contributed by atoms with Gasteiger partial charge in [0, 0.05) is 30.8 Å². The Bertz CT molecular complexity index is 3130. The number of fused-ring (bicyclic) bond motifs is 3. The maximum atomic E-state index is 12.7. The van der Waals surface area contributed by atoms with Gasteiger partial charge in [0.25, 0.3) is 0 Å². The highest BCUT2D eigenvalue weighted by atomic mass is 16.1. The smallest absolute Gasteiger partial charge is 0.295 e. The summed E-state index contributed by atoms with van der Waals surface area (Å²) in [5, 5.41) is 4.70. The number of hydrogen-bond acceptors (Lipinski definition) is 4. The first kappa shape index (κ1) is 33.2. The van der Waals surface area contributed by atoms with Crippen molar-refractivity contribution in [2.45, 2.75) is 0 Å². The van der Waals surface area contributed by atoms with Gasteiger partial charge in [-0.1, -0.05) is 158 Å². The Kier molecular flexibility index (Phi) is 7.96. The standard InChI is InChI=1S/C50H35N5O/c1-54-43-29-28-35(31-44(43)55(2)50(54)56)34-20-15-21-36(30-34)48-51-47(33-18-7-4-8-19-33)52-49(53-48)42-27-14-13-26-41(42)46-39-24-11-9-22-37(39)45(32-16-5-3-6-17-32)38-23-10-12-25-40(38)46/h3-31H,1-2H3. The van der Waals surface area contributed by atoms with Gasteiger partial charge in [-0.25, -0.2) is 19.7 Å². The molecule has 0 amide bonds. The molecule has 0 aliphatic rings. The van der Waals surface area contributed by atoms with Gasteiger partial charge >= 0.3 is 5.69 Å². The first-order valence-corrected chi connectivity index (χ1v) is 18.7. The van der Waals surface area contributed by atoms with Gasteiger partial charge in [-0.05, 0) is 73.1 Å². The van der Waals surface area contributed by atoms with Crippen LogP contribution in [0.3, 0.4) is 0 Å². The predicted molar refractivity (Wildman–Crippen MR) is 229 cm³/mol. The maximum Gasteiger partial charge on any atom is 0.328 e. The van der Waals surface area contributed by atoms with E-state index >= 15 is 0 Å². The molecular weight excluding hydrogens is 687 g/mol. The van der Waals surface area contributed by atoms with E-state index in [1.165, 1.54) is 21.9 Å². The molecule has 10 rings (SSSR count). The Morgan fingerprint density at radius 2 is 0.821 bits per heavy atom. The Hall–Kier alpha value is -7.44. The first-order chi connectivity index (χ1) is 27.5. The summed E-state index contributed by atoms with van der Waals surface area (Å²) in [6, 6.07) is 61.0. The first-order valence-electron chi connectivity index (χ1n) is 18.7. The van der Waals surface area contributed by atoms with Crippen LogP contribution in [0.1, 0.15) is 0 Å². The zero-order chi connectivity index (χ0) is 37.8. The van der Waals surface area contributed by atoms with Crippen molar-refractivity contribution in [2.24, 2.45) is 14.1 Å². The van der Waals surface area contributed by atoms with Crippen LogP contribution in [-0.2, 0) is 14.1 Å². The normalized spacial score (nSPS) is 11.5. The third-order valence-corrected chi connectivity index (χ3v) is 10.8. The van der Waals surface area contributed by atoms with E-state index in [1.807, 2.05) is 55.6 Å². The molecule has 266 valence electrons. The summed E-state index contributed by atoms with van der Waals surface area (Å²) in [7, 11) is 3.61. The van der Waals surface area contributed by atoms with Crippen LogP contribution >= 0.6 is 0 Å². The molecule has 2 heterocycles. The molecule has 10 aromatic rings. The van der Waals surface area contributed by atoms with Crippen LogP contribution in [0.4, 0.5) is 0 Å². The van der Waals surface area contributed by atoms with Crippen molar-refractivity contribution >= 4 is 32.6 Å². The van der Waals surface area contributed by atoms with Crippen LogP contribution in [0.15, 0.2) is 181 Å². The number of aromatic nitrogens is 5. The average molecular weight is 722 g/mol. The van der Waals surface area contributed by atoms with E-state index in [9.17, 15) is 4.79 Å². The van der Waals surface area contributed by atoms with Crippen molar-refractivity contribution in [3.63, 3.8) is 0 Å². The SMILES string of the molecule is Cn1c(=O)n(C)c2cc(-c3cccc(-c4nc(-c5ccccc5)nc(-c5ccccc5-c5c6ccccc6c(-c6ccccc6)c6ccccc56)n4)c3)ccc21. The van der Waals surface area contributed by atoms with Crippen LogP contribution in [0.25, 0.3) is 100 Å². The van der Waals surface area contributed by atoms with Crippen LogP contribution in [0, 0.1) is 0 Å². The second-order valence-electron chi connectivity index (χ2n) is 14.1. The van der Waals surface area contributed by atoms with Gasteiger partial charge in [-0.15, -0.1) is 0 Å². The fourth-order valence-electron chi connectivity index (χ4n) is 8.10. The van der Waals surface area contributed by atoms with E-state index < -0.39 is 0 Å². The second kappa shape index (κ2) is 13.4. The summed E-state index contributed by atoms with van der Waals surface area (Å²) in [5.41, 5.74) is 11.0. The summed E-state index contributed by atoms with van der Waals surface area (Å²) in [6.07, 6.45) is 0. The van der Waals surface area contributed by atoms with Gasteiger partial charge < -0.3 is 0 Å². The maximum absolute atomic E-state index is 12.7. The molecule has 0 N–H and O–H groups in total. The fourth-order valence-corrected chi connectivity index (χ4v) is 8.10. The highest BCUT2D eigenvalue weighted by molar-refractivity contribution is 6.22. The number of rotatable bonds is 6. The number of hydrogen-bond donors (Lipinski definition) is 0. The van der Waals surface area contributed by atoms with Crippen LogP contribution in [0.2, 0.25) is 0 Å². The lowest BCUT2D eigenvalue weighted by Crippen LogP contribution is -2.19. The largest absolute Gasteiger partial charge is 0.328 e. The quantitative estimate of drug-likeness (QED) is 0.160. The summed E-state index contributed by atoms with van der Waals surface area (Å²) in [5.74, 6) is 1.77. The van der Waals surface area contributed by atoms with Crippen molar-refractivity contribution in [1.82, 2.24) is 24.1 Å². The lowest BCUT2D eigenvalue weighted by Gasteiger charge is -2.19. The van der Waals surface area contributed by atoms with Crippen molar-refractivity contribution in [3.8, 4) is 67.5 Å². The molecule has 0 atom stereocenters. The number of benzene rings is 8.